The number of ether oxygens (including phenoxy) is 1. The Hall–Kier alpha value is -0.950. The van der Waals surface area contributed by atoms with E-state index in [1.165, 1.54) is 13.3 Å². The van der Waals surface area contributed by atoms with Gasteiger partial charge in [0.1, 0.15) is 5.69 Å². The second-order valence-corrected chi connectivity index (χ2v) is 4.70. The van der Waals surface area contributed by atoms with Gasteiger partial charge in [0.25, 0.3) is 0 Å². The minimum Gasteiger partial charge on any atom is -0.383 e. The molecular weight excluding hydrogens is 256 g/mol. The molecule has 1 atom stereocenters. The van der Waals surface area contributed by atoms with Crippen molar-refractivity contribution in [2.45, 2.75) is 12.6 Å². The van der Waals surface area contributed by atoms with Crippen LogP contribution in [-0.4, -0.2) is 60.9 Å². The SMILES string of the molecule is COCC(N)C(=O)c1c(Cl)cnn1CCN(C)C. The number of likely N-dealkylation sites (N-methyl/N-ethyl adjacent to an activating group) is 1. The van der Waals surface area contributed by atoms with E-state index in [4.69, 9.17) is 22.1 Å². The second kappa shape index (κ2) is 6.84. The van der Waals surface area contributed by atoms with Crippen molar-refractivity contribution < 1.29 is 9.53 Å². The second-order valence-electron chi connectivity index (χ2n) is 4.29. The van der Waals surface area contributed by atoms with Crippen LogP contribution in [0.2, 0.25) is 5.02 Å². The van der Waals surface area contributed by atoms with E-state index >= 15 is 0 Å². The summed E-state index contributed by atoms with van der Waals surface area (Å²) in [6.45, 7) is 1.51. The van der Waals surface area contributed by atoms with Crippen LogP contribution in [-0.2, 0) is 11.3 Å². The Morgan fingerprint density at radius 2 is 2.33 bits per heavy atom. The number of hydrogen-bond donors (Lipinski definition) is 1. The van der Waals surface area contributed by atoms with Crippen LogP contribution in [0.4, 0.5) is 0 Å². The first kappa shape index (κ1) is 15.1. The third-order valence-electron chi connectivity index (χ3n) is 2.47. The lowest BCUT2D eigenvalue weighted by atomic mass is 10.1. The van der Waals surface area contributed by atoms with E-state index in [2.05, 4.69) is 5.10 Å². The van der Waals surface area contributed by atoms with Gasteiger partial charge in [-0.2, -0.15) is 5.10 Å². The van der Waals surface area contributed by atoms with E-state index in [9.17, 15) is 4.79 Å². The highest BCUT2D eigenvalue weighted by Crippen LogP contribution is 2.16. The number of hydrogen-bond acceptors (Lipinski definition) is 5. The molecule has 1 aromatic heterocycles. The number of aromatic nitrogens is 2. The molecule has 7 heteroatoms. The standard InChI is InChI=1S/C11H19ClN4O2/c1-15(2)4-5-16-10(8(12)6-14-16)11(17)9(13)7-18-3/h6,9H,4-5,7,13H2,1-3H3. The Labute approximate surface area is 112 Å². The van der Waals surface area contributed by atoms with Crippen LogP contribution >= 0.6 is 11.6 Å². The highest BCUT2D eigenvalue weighted by atomic mass is 35.5. The number of methoxy groups -OCH3 is 1. The average Bonchev–Trinajstić information content (AvgIpc) is 2.67. The highest BCUT2D eigenvalue weighted by Gasteiger charge is 2.23. The quantitative estimate of drug-likeness (QED) is 0.722. The maximum Gasteiger partial charge on any atom is 0.201 e. The number of nitrogens with zero attached hydrogens (tertiary/aromatic N) is 3. The van der Waals surface area contributed by atoms with Gasteiger partial charge in [-0.15, -0.1) is 0 Å². The monoisotopic (exact) mass is 274 g/mol. The summed E-state index contributed by atoms with van der Waals surface area (Å²) in [6.07, 6.45) is 1.46. The van der Waals surface area contributed by atoms with E-state index in [0.717, 1.165) is 6.54 Å². The average molecular weight is 275 g/mol. The van der Waals surface area contributed by atoms with Crippen LogP contribution in [0, 0.1) is 0 Å². The van der Waals surface area contributed by atoms with Crippen molar-refractivity contribution >= 4 is 17.4 Å². The lowest BCUT2D eigenvalue weighted by Gasteiger charge is -2.14. The molecular formula is C11H19ClN4O2. The minimum absolute atomic E-state index is 0.161. The summed E-state index contributed by atoms with van der Waals surface area (Å²) in [5, 5.41) is 4.42. The molecule has 0 aliphatic rings. The van der Waals surface area contributed by atoms with Gasteiger partial charge in [-0.05, 0) is 14.1 Å². The normalized spacial score (nSPS) is 13.0. The van der Waals surface area contributed by atoms with Gasteiger partial charge in [0.15, 0.2) is 0 Å². The Balaban J connectivity index is 2.86. The van der Waals surface area contributed by atoms with Crippen LogP contribution < -0.4 is 5.73 Å². The number of nitrogens with two attached hydrogens (primary N) is 1. The minimum atomic E-state index is -0.720. The molecule has 1 heterocycles. The highest BCUT2D eigenvalue weighted by molar-refractivity contribution is 6.33. The van der Waals surface area contributed by atoms with Crippen LogP contribution in [0.5, 0.6) is 0 Å². The van der Waals surface area contributed by atoms with Crippen LogP contribution in [0.25, 0.3) is 0 Å². The number of halogens is 1. The van der Waals surface area contributed by atoms with Gasteiger partial charge in [0.2, 0.25) is 5.78 Å². The molecule has 1 aromatic rings. The molecule has 1 rings (SSSR count). The lowest BCUT2D eigenvalue weighted by molar-refractivity contribution is 0.0881. The zero-order valence-electron chi connectivity index (χ0n) is 10.9. The summed E-state index contributed by atoms with van der Waals surface area (Å²) in [6, 6.07) is -0.720. The predicted octanol–water partition coefficient (Wildman–Crippen LogP) is 0.255. The van der Waals surface area contributed by atoms with Crippen molar-refractivity contribution in [1.29, 1.82) is 0 Å². The molecule has 0 saturated carbocycles. The molecule has 0 spiro atoms. The Kier molecular flexibility index (Phi) is 5.74. The van der Waals surface area contributed by atoms with Crippen molar-refractivity contribution in [2.24, 2.45) is 5.73 Å². The molecule has 0 aliphatic heterocycles. The van der Waals surface area contributed by atoms with Crippen LogP contribution in [0.15, 0.2) is 6.20 Å². The zero-order chi connectivity index (χ0) is 13.7. The topological polar surface area (TPSA) is 73.4 Å². The number of Topliss-reactive ketones (excluding diaryl/α,β-unsaturated/α-hetero) is 1. The first-order valence-electron chi connectivity index (χ1n) is 5.62. The van der Waals surface area contributed by atoms with Gasteiger partial charge in [0.05, 0.1) is 30.4 Å². The molecule has 0 bridgehead atoms. The zero-order valence-corrected chi connectivity index (χ0v) is 11.6. The van der Waals surface area contributed by atoms with E-state index in [1.54, 1.807) is 4.68 Å². The Bertz CT molecular complexity index is 406. The van der Waals surface area contributed by atoms with Crippen molar-refractivity contribution in [3.8, 4) is 0 Å². The van der Waals surface area contributed by atoms with E-state index in [-0.39, 0.29) is 12.4 Å². The molecule has 0 saturated heterocycles. The Morgan fingerprint density at radius 1 is 1.67 bits per heavy atom. The largest absolute Gasteiger partial charge is 0.383 e. The molecule has 18 heavy (non-hydrogen) atoms. The number of carbonyl (C=O) groups excluding carboxylic acids is 1. The summed E-state index contributed by atoms with van der Waals surface area (Å²) in [5.41, 5.74) is 6.08. The maximum absolute atomic E-state index is 12.1. The summed E-state index contributed by atoms with van der Waals surface area (Å²) in [4.78, 5) is 14.1. The summed E-state index contributed by atoms with van der Waals surface area (Å²) in [7, 11) is 5.39. The fraction of sp³-hybridized carbons (Fsp3) is 0.636. The molecule has 6 nitrogen and oxygen atoms in total. The van der Waals surface area contributed by atoms with Gasteiger partial charge in [-0.1, -0.05) is 11.6 Å². The number of rotatable bonds is 7. The van der Waals surface area contributed by atoms with Crippen molar-refractivity contribution in [3.05, 3.63) is 16.9 Å². The van der Waals surface area contributed by atoms with Crippen LogP contribution in [0.3, 0.4) is 0 Å². The van der Waals surface area contributed by atoms with Gasteiger partial charge in [-0.25, -0.2) is 0 Å². The number of ketones is 1. The third kappa shape index (κ3) is 3.78. The van der Waals surface area contributed by atoms with Gasteiger partial charge >= 0.3 is 0 Å². The summed E-state index contributed by atoms with van der Waals surface area (Å²) in [5.74, 6) is -0.252. The molecule has 0 aromatic carbocycles. The first-order valence-corrected chi connectivity index (χ1v) is 6.00. The molecule has 0 amide bonds. The van der Waals surface area contributed by atoms with Crippen molar-refractivity contribution in [1.82, 2.24) is 14.7 Å². The number of carbonyl (C=O) groups is 1. The summed E-state index contributed by atoms with van der Waals surface area (Å²) >= 11 is 5.99. The van der Waals surface area contributed by atoms with E-state index in [0.29, 0.717) is 17.3 Å². The third-order valence-corrected chi connectivity index (χ3v) is 2.75. The first-order chi connectivity index (χ1) is 8.47. The molecule has 102 valence electrons. The van der Waals surface area contributed by atoms with Crippen LogP contribution in [0.1, 0.15) is 10.5 Å². The summed E-state index contributed by atoms with van der Waals surface area (Å²) < 4.78 is 6.46. The van der Waals surface area contributed by atoms with Crippen molar-refractivity contribution in [3.63, 3.8) is 0 Å². The lowest BCUT2D eigenvalue weighted by Crippen LogP contribution is -2.36. The van der Waals surface area contributed by atoms with Gasteiger partial charge < -0.3 is 15.4 Å². The molecule has 2 N–H and O–H groups in total. The fourth-order valence-corrected chi connectivity index (χ4v) is 1.74. The smallest absolute Gasteiger partial charge is 0.201 e. The molecule has 0 aliphatic carbocycles. The molecule has 1 unspecified atom stereocenters. The Morgan fingerprint density at radius 3 is 2.89 bits per heavy atom. The maximum atomic E-state index is 12.1. The molecule has 0 radical (unpaired) electrons. The predicted molar refractivity (Wildman–Crippen MR) is 70.0 cm³/mol. The fourth-order valence-electron chi connectivity index (χ4n) is 1.50. The molecule has 0 fully saturated rings. The van der Waals surface area contributed by atoms with Gasteiger partial charge in [0, 0.05) is 13.7 Å². The van der Waals surface area contributed by atoms with Crippen molar-refractivity contribution in [2.75, 3.05) is 34.4 Å². The van der Waals surface area contributed by atoms with E-state index in [1.807, 2.05) is 19.0 Å². The van der Waals surface area contributed by atoms with E-state index < -0.39 is 6.04 Å². The van der Waals surface area contributed by atoms with Gasteiger partial charge in [-0.3, -0.25) is 9.48 Å².